The van der Waals surface area contributed by atoms with Crippen LogP contribution in [0, 0.1) is 0 Å². The van der Waals surface area contributed by atoms with Gasteiger partial charge in [-0.1, -0.05) is 29.8 Å². The highest BCUT2D eigenvalue weighted by molar-refractivity contribution is 7.92. The van der Waals surface area contributed by atoms with E-state index in [1.54, 1.807) is 12.1 Å². The van der Waals surface area contributed by atoms with Gasteiger partial charge in [-0.25, -0.2) is 27.6 Å². The van der Waals surface area contributed by atoms with Crippen molar-refractivity contribution in [3.05, 3.63) is 81.4 Å². The summed E-state index contributed by atoms with van der Waals surface area (Å²) in [6, 6.07) is 12.8. The monoisotopic (exact) mass is 484 g/mol. The molecule has 0 bridgehead atoms. The topological polar surface area (TPSA) is 125 Å². The first-order chi connectivity index (χ1) is 15.8. The Morgan fingerprint density at radius 2 is 1.91 bits per heavy atom. The third kappa shape index (κ3) is 3.47. The Hall–Kier alpha value is -3.63. The molecule has 0 aliphatic carbocycles. The third-order valence-electron chi connectivity index (χ3n) is 5.58. The first-order valence-corrected chi connectivity index (χ1v) is 11.8. The highest BCUT2D eigenvalue weighted by Gasteiger charge is 2.30. The lowest BCUT2D eigenvalue weighted by molar-refractivity contribution is 0.0696. The number of carboxylic acids is 1. The molecule has 0 spiro atoms. The third-order valence-corrected chi connectivity index (χ3v) is 7.71. The average molecular weight is 485 g/mol. The Bertz CT molecular complexity index is 1590. The van der Waals surface area contributed by atoms with E-state index in [2.05, 4.69) is 9.97 Å². The number of fused-ring (bicyclic) bond motifs is 2. The van der Waals surface area contributed by atoms with Crippen LogP contribution in [0.4, 0.5) is 5.69 Å². The molecule has 0 fully saturated rings. The minimum absolute atomic E-state index is 0.0259. The quantitative estimate of drug-likeness (QED) is 0.458. The highest BCUT2D eigenvalue weighted by atomic mass is 35.5. The zero-order valence-electron chi connectivity index (χ0n) is 17.0. The zero-order chi connectivity index (χ0) is 23.3. The maximum Gasteiger partial charge on any atom is 0.337 e. The summed E-state index contributed by atoms with van der Waals surface area (Å²) in [5, 5.41) is 9.31. The fourth-order valence-corrected chi connectivity index (χ4v) is 5.80. The number of pyridine rings is 1. The molecule has 11 heteroatoms. The van der Waals surface area contributed by atoms with Gasteiger partial charge in [0, 0.05) is 12.7 Å². The summed E-state index contributed by atoms with van der Waals surface area (Å²) in [6.45, 7) is 0.337. The molecule has 0 saturated carbocycles. The van der Waals surface area contributed by atoms with Crippen molar-refractivity contribution in [3.8, 4) is 5.69 Å². The van der Waals surface area contributed by atoms with E-state index < -0.39 is 21.7 Å². The smallest absolute Gasteiger partial charge is 0.337 e. The maximum absolute atomic E-state index is 13.6. The number of halogens is 1. The molecule has 0 radical (unpaired) electrons. The van der Waals surface area contributed by atoms with Crippen molar-refractivity contribution < 1.29 is 18.3 Å². The Balaban J connectivity index is 1.65. The molecule has 168 valence electrons. The molecular weight excluding hydrogens is 468 g/mol. The van der Waals surface area contributed by atoms with E-state index in [4.69, 9.17) is 16.7 Å². The second-order valence-electron chi connectivity index (χ2n) is 7.59. The summed E-state index contributed by atoms with van der Waals surface area (Å²) < 4.78 is 29.6. The lowest BCUT2D eigenvalue weighted by atomic mass is 10.0. The van der Waals surface area contributed by atoms with E-state index in [9.17, 15) is 18.0 Å². The Labute approximate surface area is 192 Å². The number of carboxylic acid groups (broad SMARTS) is 1. The van der Waals surface area contributed by atoms with Gasteiger partial charge in [0.05, 0.1) is 32.4 Å². The summed E-state index contributed by atoms with van der Waals surface area (Å²) in [7, 11) is -3.94. The SMILES string of the molecule is O=C(O)c1cnc2c(c1)[nH]c(=O)n2-c1cc(S(=O)(=O)N2CCCc3ccccc32)ccc1Cl. The summed E-state index contributed by atoms with van der Waals surface area (Å²) in [5.74, 6) is -1.19. The number of para-hydroxylation sites is 1. The fourth-order valence-electron chi connectivity index (χ4n) is 4.04. The number of nitrogens with one attached hydrogen (secondary N) is 1. The van der Waals surface area contributed by atoms with Crippen LogP contribution in [-0.2, 0) is 16.4 Å². The van der Waals surface area contributed by atoms with E-state index in [0.29, 0.717) is 18.7 Å². The van der Waals surface area contributed by atoms with Gasteiger partial charge in [-0.15, -0.1) is 0 Å². The molecular formula is C22H17ClN4O5S. The highest BCUT2D eigenvalue weighted by Crippen LogP contribution is 2.33. The molecule has 2 aromatic heterocycles. The number of benzene rings is 2. The van der Waals surface area contributed by atoms with Crippen LogP contribution in [0.3, 0.4) is 0 Å². The van der Waals surface area contributed by atoms with Crippen molar-refractivity contribution >= 4 is 44.4 Å². The zero-order valence-corrected chi connectivity index (χ0v) is 18.6. The van der Waals surface area contributed by atoms with Gasteiger partial charge in [0.15, 0.2) is 5.65 Å². The van der Waals surface area contributed by atoms with Gasteiger partial charge in [0.1, 0.15) is 0 Å². The van der Waals surface area contributed by atoms with Gasteiger partial charge in [-0.05, 0) is 48.7 Å². The van der Waals surface area contributed by atoms with Crippen LogP contribution in [0.2, 0.25) is 5.02 Å². The van der Waals surface area contributed by atoms with E-state index >= 15 is 0 Å². The second kappa shape index (κ2) is 7.75. The molecule has 0 atom stereocenters. The number of aromatic carboxylic acids is 1. The Morgan fingerprint density at radius 1 is 1.12 bits per heavy atom. The summed E-state index contributed by atoms with van der Waals surface area (Å²) in [6.07, 6.45) is 2.60. The molecule has 9 nitrogen and oxygen atoms in total. The van der Waals surface area contributed by atoms with E-state index in [0.717, 1.165) is 22.7 Å². The van der Waals surface area contributed by atoms with Crippen LogP contribution >= 0.6 is 11.6 Å². The lowest BCUT2D eigenvalue weighted by Gasteiger charge is -2.30. The van der Waals surface area contributed by atoms with Gasteiger partial charge in [-0.3, -0.25) is 4.31 Å². The minimum Gasteiger partial charge on any atom is -0.478 e. The number of H-pyrrole nitrogens is 1. The summed E-state index contributed by atoms with van der Waals surface area (Å²) in [5.41, 5.74) is 1.30. The van der Waals surface area contributed by atoms with Gasteiger partial charge < -0.3 is 10.1 Å². The molecule has 5 rings (SSSR count). The summed E-state index contributed by atoms with van der Waals surface area (Å²) >= 11 is 6.35. The standard InChI is InChI=1S/C22H17ClN4O5S/c23-16-8-7-15(33(31,32)26-9-3-5-13-4-1-2-6-18(13)26)11-19(16)27-20-17(25-22(27)30)10-14(12-24-20)21(28)29/h1-2,4,6-8,10-12H,3,5,9H2,(H,25,30)(H,28,29). The Kier molecular flexibility index (Phi) is 4.98. The van der Waals surface area contributed by atoms with Crippen molar-refractivity contribution in [1.82, 2.24) is 14.5 Å². The molecule has 4 aromatic rings. The first kappa shape index (κ1) is 21.2. The number of nitrogens with zero attached hydrogens (tertiary/aromatic N) is 3. The van der Waals surface area contributed by atoms with Gasteiger partial charge in [0.25, 0.3) is 10.0 Å². The molecule has 2 aromatic carbocycles. The van der Waals surface area contributed by atoms with Crippen molar-refractivity contribution in [2.24, 2.45) is 0 Å². The van der Waals surface area contributed by atoms with Gasteiger partial charge in [0.2, 0.25) is 0 Å². The maximum atomic E-state index is 13.6. The first-order valence-electron chi connectivity index (χ1n) is 10.0. The second-order valence-corrected chi connectivity index (χ2v) is 9.86. The van der Waals surface area contributed by atoms with Crippen LogP contribution < -0.4 is 9.99 Å². The number of anilines is 1. The molecule has 0 amide bonds. The number of hydrogen-bond acceptors (Lipinski definition) is 5. The normalized spacial score (nSPS) is 13.8. The van der Waals surface area contributed by atoms with Crippen LogP contribution in [0.15, 0.2) is 64.4 Å². The number of hydrogen-bond donors (Lipinski definition) is 2. The number of sulfonamides is 1. The van der Waals surface area contributed by atoms with Crippen LogP contribution in [0.1, 0.15) is 22.3 Å². The van der Waals surface area contributed by atoms with Crippen molar-refractivity contribution in [2.75, 3.05) is 10.8 Å². The largest absolute Gasteiger partial charge is 0.478 e. The minimum atomic E-state index is -3.94. The van der Waals surface area contributed by atoms with Gasteiger partial charge >= 0.3 is 11.7 Å². The van der Waals surface area contributed by atoms with Crippen molar-refractivity contribution in [2.45, 2.75) is 17.7 Å². The number of aryl methyl sites for hydroxylation is 1. The fraction of sp³-hybridized carbons (Fsp3) is 0.136. The van der Waals surface area contributed by atoms with Crippen LogP contribution in [0.5, 0.6) is 0 Å². The Morgan fingerprint density at radius 3 is 2.70 bits per heavy atom. The van der Waals surface area contributed by atoms with E-state index in [1.165, 1.54) is 28.6 Å². The van der Waals surface area contributed by atoms with Gasteiger partial charge in [-0.2, -0.15) is 0 Å². The number of imidazole rings is 1. The molecule has 33 heavy (non-hydrogen) atoms. The average Bonchev–Trinajstić information content (AvgIpc) is 3.13. The molecule has 0 saturated heterocycles. The van der Waals surface area contributed by atoms with Crippen LogP contribution in [0.25, 0.3) is 16.9 Å². The number of aromatic amines is 1. The van der Waals surface area contributed by atoms with E-state index in [1.807, 2.05) is 12.1 Å². The number of aromatic nitrogens is 3. The molecule has 2 N–H and O–H groups in total. The lowest BCUT2D eigenvalue weighted by Crippen LogP contribution is -2.35. The predicted octanol–water partition coefficient (Wildman–Crippen LogP) is 3.21. The molecule has 3 heterocycles. The van der Waals surface area contributed by atoms with Crippen LogP contribution in [-0.4, -0.2) is 40.6 Å². The molecule has 1 aliphatic heterocycles. The molecule has 0 unspecified atom stereocenters. The summed E-state index contributed by atoms with van der Waals surface area (Å²) in [4.78, 5) is 30.5. The van der Waals surface area contributed by atoms with Crippen molar-refractivity contribution in [3.63, 3.8) is 0 Å². The molecule has 1 aliphatic rings. The van der Waals surface area contributed by atoms with E-state index in [-0.39, 0.29) is 32.3 Å². The van der Waals surface area contributed by atoms with Crippen molar-refractivity contribution in [1.29, 1.82) is 0 Å². The number of rotatable bonds is 4. The number of carbonyl (C=O) groups is 1. The predicted molar refractivity (Wildman–Crippen MR) is 123 cm³/mol.